The Labute approximate surface area is 165 Å². The number of rotatable bonds is 9. The second kappa shape index (κ2) is 9.14. The van der Waals surface area contributed by atoms with Gasteiger partial charge in [0.1, 0.15) is 4.88 Å². The van der Waals surface area contributed by atoms with Crippen molar-refractivity contribution in [3.05, 3.63) is 22.4 Å². The number of likely N-dealkylation sites (N-methyl/N-ethyl adjacent to an activating group) is 1. The van der Waals surface area contributed by atoms with E-state index in [-0.39, 0.29) is 12.6 Å². The van der Waals surface area contributed by atoms with Gasteiger partial charge >= 0.3 is 12.0 Å². The number of aromatic nitrogens is 2. The van der Waals surface area contributed by atoms with Gasteiger partial charge in [0.05, 0.1) is 13.2 Å². The highest BCUT2D eigenvalue weighted by Crippen LogP contribution is 2.31. The number of unbranched alkanes of at least 4 members (excludes halogenated alkanes) is 3. The lowest BCUT2D eigenvalue weighted by Crippen LogP contribution is -2.37. The molecule has 1 aliphatic rings. The highest BCUT2D eigenvalue weighted by Gasteiger charge is 2.41. The highest BCUT2D eigenvalue weighted by molar-refractivity contribution is 7.17. The van der Waals surface area contributed by atoms with Crippen molar-refractivity contribution < 1.29 is 19.1 Å². The lowest BCUT2D eigenvalue weighted by Gasteiger charge is -2.19. The van der Waals surface area contributed by atoms with Gasteiger partial charge in [-0.05, 0) is 29.2 Å². The van der Waals surface area contributed by atoms with Crippen LogP contribution in [-0.2, 0) is 4.74 Å². The van der Waals surface area contributed by atoms with Gasteiger partial charge in [0.15, 0.2) is 0 Å². The third-order valence-corrected chi connectivity index (χ3v) is 5.73. The normalized spacial score (nSPS) is 16.8. The van der Waals surface area contributed by atoms with Crippen molar-refractivity contribution in [3.63, 3.8) is 0 Å². The Hall–Kier alpha value is -2.20. The fourth-order valence-electron chi connectivity index (χ4n) is 2.62. The van der Waals surface area contributed by atoms with E-state index in [9.17, 15) is 9.59 Å². The van der Waals surface area contributed by atoms with Gasteiger partial charge in [0.25, 0.3) is 5.19 Å². The first-order valence-electron chi connectivity index (χ1n) is 8.85. The van der Waals surface area contributed by atoms with E-state index in [1.807, 2.05) is 0 Å². The number of hydrogen-bond donors (Lipinski definition) is 0. The largest absolute Gasteiger partial charge is 0.469 e. The first-order valence-corrected chi connectivity index (χ1v) is 10.5. The highest BCUT2D eigenvalue weighted by atomic mass is 32.1. The quantitative estimate of drug-likeness (QED) is 0.464. The summed E-state index contributed by atoms with van der Waals surface area (Å²) in [5, 5.41) is 10.6. The standard InChI is InChI=1S/C17H22N4O4S2/c1-3-4-5-6-9-24-16-19-18-15(27-16)21-13(11-20(2)17(21)23)25-14(22)12-8-7-10-26-12/h7-8,10,13H,3-6,9,11H2,1-2H3. The van der Waals surface area contributed by atoms with E-state index in [4.69, 9.17) is 9.47 Å². The molecule has 1 atom stereocenters. The van der Waals surface area contributed by atoms with Crippen LogP contribution >= 0.6 is 22.7 Å². The van der Waals surface area contributed by atoms with Crippen molar-refractivity contribution in [3.8, 4) is 5.19 Å². The monoisotopic (exact) mass is 410 g/mol. The zero-order valence-corrected chi connectivity index (χ0v) is 16.9. The zero-order valence-electron chi connectivity index (χ0n) is 15.3. The average Bonchev–Trinajstić information content (AvgIpc) is 3.37. The maximum Gasteiger partial charge on any atom is 0.350 e. The minimum Gasteiger partial charge on any atom is -0.469 e. The molecule has 1 fully saturated rings. The molecule has 27 heavy (non-hydrogen) atoms. The van der Waals surface area contributed by atoms with E-state index in [0.29, 0.717) is 21.8 Å². The smallest absolute Gasteiger partial charge is 0.350 e. The molecule has 3 rings (SSSR count). The molecule has 8 nitrogen and oxygen atoms in total. The summed E-state index contributed by atoms with van der Waals surface area (Å²) in [6.07, 6.45) is 3.66. The van der Waals surface area contributed by atoms with Gasteiger partial charge in [-0.2, -0.15) is 0 Å². The summed E-state index contributed by atoms with van der Waals surface area (Å²) in [7, 11) is 1.65. The molecule has 2 amide bonds. The molecule has 0 radical (unpaired) electrons. The first-order chi connectivity index (χ1) is 13.1. The Balaban J connectivity index is 1.64. The maximum atomic E-state index is 12.5. The molecular weight excluding hydrogens is 388 g/mol. The van der Waals surface area contributed by atoms with Gasteiger partial charge in [-0.25, -0.2) is 14.5 Å². The van der Waals surface area contributed by atoms with Crippen LogP contribution in [0.5, 0.6) is 5.19 Å². The van der Waals surface area contributed by atoms with Crippen molar-refractivity contribution >= 4 is 39.8 Å². The van der Waals surface area contributed by atoms with Crippen LogP contribution in [0.25, 0.3) is 0 Å². The number of esters is 1. The van der Waals surface area contributed by atoms with Crippen LogP contribution in [0.15, 0.2) is 17.5 Å². The molecule has 0 N–H and O–H groups in total. The fourth-order valence-corrected chi connectivity index (χ4v) is 3.98. The van der Waals surface area contributed by atoms with Gasteiger partial charge < -0.3 is 14.4 Å². The third-order valence-electron chi connectivity index (χ3n) is 4.04. The van der Waals surface area contributed by atoms with E-state index >= 15 is 0 Å². The summed E-state index contributed by atoms with van der Waals surface area (Å²) in [4.78, 5) is 28.1. The topological polar surface area (TPSA) is 84.9 Å². The lowest BCUT2D eigenvalue weighted by molar-refractivity contribution is 0.0337. The Morgan fingerprint density at radius 2 is 2.19 bits per heavy atom. The number of amides is 2. The number of anilines is 1. The fraction of sp³-hybridized carbons (Fsp3) is 0.529. The van der Waals surface area contributed by atoms with Gasteiger partial charge in [-0.1, -0.05) is 37.4 Å². The van der Waals surface area contributed by atoms with E-state index in [1.165, 1.54) is 45.3 Å². The van der Waals surface area contributed by atoms with Gasteiger partial charge in [0, 0.05) is 7.05 Å². The minimum absolute atomic E-state index is 0.267. The summed E-state index contributed by atoms with van der Waals surface area (Å²) in [5.74, 6) is -0.458. The molecular formula is C17H22N4O4S2. The molecule has 10 heteroatoms. The van der Waals surface area contributed by atoms with Crippen molar-refractivity contribution in [2.45, 2.75) is 38.8 Å². The van der Waals surface area contributed by atoms with Gasteiger partial charge in [0.2, 0.25) is 11.4 Å². The Morgan fingerprint density at radius 3 is 2.93 bits per heavy atom. The molecule has 2 aromatic rings. The number of nitrogens with zero attached hydrogens (tertiary/aromatic N) is 4. The zero-order chi connectivity index (χ0) is 19.2. The average molecular weight is 411 g/mol. The Bertz CT molecular complexity index is 765. The molecule has 1 saturated heterocycles. The molecule has 0 spiro atoms. The Morgan fingerprint density at radius 1 is 1.33 bits per heavy atom. The molecule has 2 aromatic heterocycles. The predicted molar refractivity (Wildman–Crippen MR) is 104 cm³/mol. The SMILES string of the molecule is CCCCCCOc1nnc(N2C(=O)N(C)CC2OC(=O)c2cccs2)s1. The van der Waals surface area contributed by atoms with Crippen LogP contribution < -0.4 is 9.64 Å². The number of hydrogen-bond acceptors (Lipinski definition) is 8. The maximum absolute atomic E-state index is 12.5. The number of ether oxygens (including phenoxy) is 2. The van der Waals surface area contributed by atoms with E-state index in [2.05, 4.69) is 17.1 Å². The molecule has 0 saturated carbocycles. The number of urea groups is 1. The van der Waals surface area contributed by atoms with Gasteiger partial charge in [-0.15, -0.1) is 16.4 Å². The number of carbonyl (C=O) groups is 2. The second-order valence-electron chi connectivity index (χ2n) is 6.13. The van der Waals surface area contributed by atoms with Crippen LogP contribution in [0.2, 0.25) is 0 Å². The summed E-state index contributed by atoms with van der Waals surface area (Å²) >= 11 is 2.47. The molecule has 0 aromatic carbocycles. The van der Waals surface area contributed by atoms with Crippen LogP contribution in [0, 0.1) is 0 Å². The molecule has 1 aliphatic heterocycles. The van der Waals surface area contributed by atoms with E-state index in [1.54, 1.807) is 24.6 Å². The van der Waals surface area contributed by atoms with E-state index in [0.717, 1.165) is 12.8 Å². The summed E-state index contributed by atoms with van der Waals surface area (Å²) < 4.78 is 11.1. The van der Waals surface area contributed by atoms with Crippen molar-refractivity contribution in [1.82, 2.24) is 15.1 Å². The van der Waals surface area contributed by atoms with E-state index < -0.39 is 12.2 Å². The van der Waals surface area contributed by atoms with Crippen LogP contribution in [0.4, 0.5) is 9.93 Å². The molecule has 3 heterocycles. The minimum atomic E-state index is -0.748. The molecule has 0 aliphatic carbocycles. The van der Waals surface area contributed by atoms with Crippen molar-refractivity contribution in [2.75, 3.05) is 25.1 Å². The predicted octanol–water partition coefficient (Wildman–Crippen LogP) is 3.61. The van der Waals surface area contributed by atoms with Crippen LogP contribution in [0.1, 0.15) is 42.3 Å². The van der Waals surface area contributed by atoms with Crippen molar-refractivity contribution in [2.24, 2.45) is 0 Å². The first kappa shape index (κ1) is 19.6. The summed E-state index contributed by atoms with van der Waals surface area (Å²) in [5.41, 5.74) is 0. The third kappa shape index (κ3) is 4.75. The summed E-state index contributed by atoms with van der Waals surface area (Å²) in [6.45, 7) is 2.99. The van der Waals surface area contributed by atoms with Gasteiger partial charge in [-0.3, -0.25) is 0 Å². The summed E-state index contributed by atoms with van der Waals surface area (Å²) in [6, 6.07) is 3.18. The van der Waals surface area contributed by atoms with Crippen molar-refractivity contribution in [1.29, 1.82) is 0 Å². The second-order valence-corrected chi connectivity index (χ2v) is 8.00. The number of thiophene rings is 1. The molecule has 146 valence electrons. The Kier molecular flexibility index (Phi) is 6.62. The van der Waals surface area contributed by atoms with Crippen LogP contribution in [-0.4, -0.2) is 53.5 Å². The number of carbonyl (C=O) groups excluding carboxylic acids is 2. The molecule has 0 bridgehead atoms. The van der Waals surface area contributed by atoms with Crippen LogP contribution in [0.3, 0.4) is 0 Å². The lowest BCUT2D eigenvalue weighted by atomic mass is 10.2. The molecule has 1 unspecified atom stereocenters.